The van der Waals surface area contributed by atoms with E-state index in [4.69, 9.17) is 0 Å². The smallest absolute Gasteiger partial charge is 0.388 e. The molecule has 3 aliphatic carbocycles. The van der Waals surface area contributed by atoms with Crippen LogP contribution < -0.4 is 0 Å². The third-order valence-corrected chi connectivity index (χ3v) is 5.77. The second kappa shape index (κ2) is 3.98. The molecule has 1 unspecified atom stereocenters. The highest BCUT2D eigenvalue weighted by atomic mass is 19.4. The Balaban J connectivity index is 1.91. The minimum atomic E-state index is -4.50. The maximum atomic E-state index is 13.8. The summed E-state index contributed by atoms with van der Waals surface area (Å²) in [6.07, 6.45) is -3.30. The summed E-state index contributed by atoms with van der Waals surface area (Å²) < 4.78 is 41.3. The van der Waals surface area contributed by atoms with Gasteiger partial charge in [0.05, 0.1) is 17.2 Å². The Kier molecular flexibility index (Phi) is 2.35. The van der Waals surface area contributed by atoms with Gasteiger partial charge >= 0.3 is 6.18 Å². The van der Waals surface area contributed by atoms with Gasteiger partial charge in [0.25, 0.3) is 0 Å². The number of aliphatic hydroxyl groups excluding tert-OH is 1. The lowest BCUT2D eigenvalue weighted by Gasteiger charge is -2.33. The van der Waals surface area contributed by atoms with Crippen molar-refractivity contribution in [1.82, 2.24) is 10.2 Å². The summed E-state index contributed by atoms with van der Waals surface area (Å²) in [4.78, 5) is 0. The zero-order chi connectivity index (χ0) is 16.0. The summed E-state index contributed by atoms with van der Waals surface area (Å²) in [5.41, 5.74) is 2.49. The Morgan fingerprint density at radius 3 is 2.87 bits per heavy atom. The number of alkyl halides is 3. The van der Waals surface area contributed by atoms with Crippen LogP contribution in [0.4, 0.5) is 13.2 Å². The van der Waals surface area contributed by atoms with Crippen LogP contribution in [0.2, 0.25) is 0 Å². The van der Waals surface area contributed by atoms with Crippen molar-refractivity contribution in [3.05, 3.63) is 34.5 Å². The Morgan fingerprint density at radius 1 is 1.26 bits per heavy atom. The summed E-state index contributed by atoms with van der Waals surface area (Å²) in [6, 6.07) is 3.54. The van der Waals surface area contributed by atoms with E-state index < -0.39 is 23.3 Å². The SMILES string of the molecule is O[C@H]1CCCC23Cc4[nH]nc5ccc(c(c45)C2)C3=C1C(F)(F)F. The molecular weight excluding hydrogens is 305 g/mol. The molecule has 0 saturated heterocycles. The first-order valence-corrected chi connectivity index (χ1v) is 7.90. The summed E-state index contributed by atoms with van der Waals surface area (Å²) in [6.45, 7) is 0. The van der Waals surface area contributed by atoms with E-state index in [2.05, 4.69) is 10.2 Å². The van der Waals surface area contributed by atoms with Crippen molar-refractivity contribution in [2.75, 3.05) is 0 Å². The highest BCUT2D eigenvalue weighted by Gasteiger charge is 2.54. The Morgan fingerprint density at radius 2 is 2.09 bits per heavy atom. The van der Waals surface area contributed by atoms with Crippen molar-refractivity contribution < 1.29 is 18.3 Å². The van der Waals surface area contributed by atoms with Crippen molar-refractivity contribution in [1.29, 1.82) is 0 Å². The first-order chi connectivity index (χ1) is 10.9. The van der Waals surface area contributed by atoms with Crippen LogP contribution in [0, 0.1) is 5.41 Å². The number of aromatic nitrogens is 2. The van der Waals surface area contributed by atoms with E-state index in [9.17, 15) is 18.3 Å². The van der Waals surface area contributed by atoms with Gasteiger partial charge in [-0.1, -0.05) is 6.07 Å². The maximum absolute atomic E-state index is 13.8. The molecule has 2 N–H and O–H groups in total. The molecule has 1 aromatic carbocycles. The van der Waals surface area contributed by atoms with Gasteiger partial charge in [0, 0.05) is 16.5 Å². The molecule has 3 nitrogen and oxygen atoms in total. The van der Waals surface area contributed by atoms with Crippen LogP contribution in [-0.2, 0) is 12.8 Å². The highest BCUT2D eigenvalue weighted by Crippen LogP contribution is 2.61. The maximum Gasteiger partial charge on any atom is 0.415 e. The fourth-order valence-electron chi connectivity index (χ4n) is 5.00. The quantitative estimate of drug-likeness (QED) is 0.780. The molecule has 120 valence electrons. The molecule has 0 saturated carbocycles. The average Bonchev–Trinajstić information content (AvgIpc) is 2.95. The molecule has 2 atom stereocenters. The van der Waals surface area contributed by atoms with Crippen molar-refractivity contribution in [2.45, 2.75) is 44.4 Å². The molecule has 6 heteroatoms. The number of aromatic amines is 1. The van der Waals surface area contributed by atoms with Gasteiger partial charge in [0.15, 0.2) is 0 Å². The zero-order valence-corrected chi connectivity index (χ0v) is 12.3. The standard InChI is InChI=1S/C17H15F3N2O/c18-17(19,20)15-12(23)2-1-5-16-6-9-8(14(15)16)3-4-10-13(9)11(7-16)22-21-10/h3-4,12,23H,1-2,5-7H2,(H,21,22)/t12-,16?/m0/s1. The van der Waals surface area contributed by atoms with Gasteiger partial charge in [0.1, 0.15) is 0 Å². The molecule has 1 aromatic heterocycles. The fraction of sp³-hybridized carbons (Fsp3) is 0.471. The van der Waals surface area contributed by atoms with Crippen LogP contribution in [0.5, 0.6) is 0 Å². The largest absolute Gasteiger partial charge is 0.415 e. The van der Waals surface area contributed by atoms with E-state index in [0.29, 0.717) is 36.8 Å². The number of nitrogens with zero attached hydrogens (tertiary/aromatic N) is 1. The monoisotopic (exact) mass is 320 g/mol. The van der Waals surface area contributed by atoms with E-state index >= 15 is 0 Å². The first-order valence-electron chi connectivity index (χ1n) is 7.90. The summed E-state index contributed by atoms with van der Waals surface area (Å²) >= 11 is 0. The third kappa shape index (κ3) is 1.57. The van der Waals surface area contributed by atoms with Crippen molar-refractivity contribution in [2.24, 2.45) is 5.41 Å². The number of aliphatic hydroxyl groups is 1. The molecule has 2 bridgehead atoms. The topological polar surface area (TPSA) is 48.9 Å². The van der Waals surface area contributed by atoms with Gasteiger partial charge in [-0.3, -0.25) is 5.10 Å². The summed E-state index contributed by atoms with van der Waals surface area (Å²) in [5.74, 6) is 0. The summed E-state index contributed by atoms with van der Waals surface area (Å²) in [5, 5.41) is 18.5. The van der Waals surface area contributed by atoms with Gasteiger partial charge in [-0.05, 0) is 54.9 Å². The number of nitrogens with one attached hydrogen (secondary N) is 1. The lowest BCUT2D eigenvalue weighted by atomic mass is 9.71. The average molecular weight is 320 g/mol. The number of benzene rings is 1. The highest BCUT2D eigenvalue weighted by molar-refractivity contribution is 5.97. The van der Waals surface area contributed by atoms with Gasteiger partial charge in [-0.2, -0.15) is 18.3 Å². The number of hydrogen-bond donors (Lipinski definition) is 2. The molecule has 1 spiro atoms. The van der Waals surface area contributed by atoms with Crippen molar-refractivity contribution in [3.63, 3.8) is 0 Å². The molecule has 1 heterocycles. The van der Waals surface area contributed by atoms with Crippen LogP contribution in [0.25, 0.3) is 16.5 Å². The molecule has 3 aliphatic rings. The number of hydrogen-bond acceptors (Lipinski definition) is 2. The predicted octanol–water partition coefficient (Wildman–Crippen LogP) is 3.52. The lowest BCUT2D eigenvalue weighted by molar-refractivity contribution is -0.105. The number of fused-ring (bicyclic) bond motifs is 1. The number of rotatable bonds is 0. The molecule has 5 rings (SSSR count). The predicted molar refractivity (Wildman–Crippen MR) is 78.8 cm³/mol. The third-order valence-electron chi connectivity index (χ3n) is 5.77. The zero-order valence-electron chi connectivity index (χ0n) is 12.3. The van der Waals surface area contributed by atoms with Gasteiger partial charge in [-0.25, -0.2) is 0 Å². The molecule has 2 aromatic rings. The minimum absolute atomic E-state index is 0.174. The van der Waals surface area contributed by atoms with Gasteiger partial charge in [0.2, 0.25) is 0 Å². The van der Waals surface area contributed by atoms with E-state index in [0.717, 1.165) is 22.2 Å². The minimum Gasteiger partial charge on any atom is -0.388 e. The van der Waals surface area contributed by atoms with E-state index in [1.165, 1.54) is 0 Å². The van der Waals surface area contributed by atoms with Crippen molar-refractivity contribution >= 4 is 16.5 Å². The Bertz CT molecular complexity index is 880. The van der Waals surface area contributed by atoms with Crippen LogP contribution in [-0.4, -0.2) is 27.6 Å². The second-order valence-electron chi connectivity index (χ2n) is 7.02. The van der Waals surface area contributed by atoms with Gasteiger partial charge in [-0.15, -0.1) is 0 Å². The molecule has 0 radical (unpaired) electrons. The Hall–Kier alpha value is -1.82. The second-order valence-corrected chi connectivity index (χ2v) is 7.02. The van der Waals surface area contributed by atoms with Crippen LogP contribution in [0.15, 0.2) is 17.7 Å². The molecule has 23 heavy (non-hydrogen) atoms. The van der Waals surface area contributed by atoms with Crippen molar-refractivity contribution in [3.8, 4) is 0 Å². The Labute approximate surface area is 130 Å². The van der Waals surface area contributed by atoms with E-state index in [-0.39, 0.29) is 6.42 Å². The van der Waals surface area contributed by atoms with Gasteiger partial charge < -0.3 is 5.11 Å². The fourth-order valence-corrected chi connectivity index (χ4v) is 5.00. The van der Waals surface area contributed by atoms with Crippen LogP contribution >= 0.6 is 0 Å². The first kappa shape index (κ1) is 13.6. The number of allylic oxidation sites excluding steroid dienone is 1. The van der Waals surface area contributed by atoms with E-state index in [1.807, 2.05) is 0 Å². The van der Waals surface area contributed by atoms with Crippen LogP contribution in [0.3, 0.4) is 0 Å². The number of halogens is 3. The van der Waals surface area contributed by atoms with Crippen LogP contribution in [0.1, 0.15) is 36.1 Å². The molecular formula is C17H15F3N2O. The normalized spacial score (nSPS) is 29.3. The van der Waals surface area contributed by atoms with E-state index in [1.54, 1.807) is 12.1 Å². The molecule has 0 fully saturated rings. The molecule has 0 amide bonds. The lowest BCUT2D eigenvalue weighted by Crippen LogP contribution is -2.30. The number of H-pyrrole nitrogens is 1. The molecule has 0 aliphatic heterocycles. The summed E-state index contributed by atoms with van der Waals surface area (Å²) in [7, 11) is 0.